The SMILES string of the molecule is O=C(COc1ccccc1)N(Cc1cc2ccccc2[nH]c1=O)C[C@H]1CCCO1. The molecule has 1 N–H and O–H groups in total. The molecule has 0 aliphatic carbocycles. The van der Waals surface area contributed by atoms with Crippen LogP contribution in [0.3, 0.4) is 0 Å². The topological polar surface area (TPSA) is 71.6 Å². The number of pyridine rings is 1. The first kappa shape index (κ1) is 19.2. The lowest BCUT2D eigenvalue weighted by Crippen LogP contribution is -2.40. The highest BCUT2D eigenvalue weighted by atomic mass is 16.5. The van der Waals surface area contributed by atoms with E-state index in [-0.39, 0.29) is 30.7 Å². The van der Waals surface area contributed by atoms with E-state index in [0.717, 1.165) is 23.7 Å². The molecular formula is C23H24N2O4. The number of H-pyrrole nitrogens is 1. The van der Waals surface area contributed by atoms with Crippen LogP contribution in [0.15, 0.2) is 65.5 Å². The summed E-state index contributed by atoms with van der Waals surface area (Å²) in [5, 5.41) is 0.937. The number of hydrogen-bond donors (Lipinski definition) is 1. The van der Waals surface area contributed by atoms with Gasteiger partial charge < -0.3 is 19.4 Å². The molecule has 6 nitrogen and oxygen atoms in total. The third-order valence-electron chi connectivity index (χ3n) is 5.10. The highest BCUT2D eigenvalue weighted by Gasteiger charge is 2.24. The summed E-state index contributed by atoms with van der Waals surface area (Å²) in [5.74, 6) is 0.471. The summed E-state index contributed by atoms with van der Waals surface area (Å²) in [6.45, 7) is 1.30. The molecule has 1 aromatic heterocycles. The number of aromatic amines is 1. The number of ether oxygens (including phenoxy) is 2. The van der Waals surface area contributed by atoms with Crippen molar-refractivity contribution in [2.24, 2.45) is 0 Å². The molecule has 6 heteroatoms. The van der Waals surface area contributed by atoms with Crippen molar-refractivity contribution in [3.63, 3.8) is 0 Å². The van der Waals surface area contributed by atoms with Crippen molar-refractivity contribution in [1.82, 2.24) is 9.88 Å². The molecule has 1 atom stereocenters. The molecule has 1 fully saturated rings. The van der Waals surface area contributed by atoms with Gasteiger partial charge in [-0.15, -0.1) is 0 Å². The average Bonchev–Trinajstić information content (AvgIpc) is 3.26. The zero-order chi connectivity index (χ0) is 20.1. The van der Waals surface area contributed by atoms with E-state index < -0.39 is 0 Å². The lowest BCUT2D eigenvalue weighted by atomic mass is 10.1. The van der Waals surface area contributed by atoms with Crippen LogP contribution in [0.25, 0.3) is 10.9 Å². The maximum Gasteiger partial charge on any atom is 0.260 e. The number of carbonyl (C=O) groups excluding carboxylic acids is 1. The Morgan fingerprint density at radius 3 is 2.72 bits per heavy atom. The largest absolute Gasteiger partial charge is 0.484 e. The van der Waals surface area contributed by atoms with Crippen molar-refractivity contribution in [3.05, 3.63) is 76.6 Å². The second kappa shape index (κ2) is 8.92. The van der Waals surface area contributed by atoms with Gasteiger partial charge in [0.15, 0.2) is 6.61 Å². The van der Waals surface area contributed by atoms with Crippen molar-refractivity contribution in [2.45, 2.75) is 25.5 Å². The normalized spacial score (nSPS) is 16.1. The van der Waals surface area contributed by atoms with E-state index in [2.05, 4.69) is 4.98 Å². The molecule has 1 aliphatic heterocycles. The minimum Gasteiger partial charge on any atom is -0.484 e. The highest BCUT2D eigenvalue weighted by molar-refractivity contribution is 5.80. The third kappa shape index (κ3) is 4.84. The van der Waals surface area contributed by atoms with Crippen molar-refractivity contribution in [1.29, 1.82) is 0 Å². The summed E-state index contributed by atoms with van der Waals surface area (Å²) in [5.41, 5.74) is 1.15. The molecular weight excluding hydrogens is 368 g/mol. The van der Waals surface area contributed by atoms with Crippen LogP contribution in [-0.2, 0) is 16.1 Å². The predicted octanol–water partition coefficient (Wildman–Crippen LogP) is 3.11. The Morgan fingerprint density at radius 1 is 1.14 bits per heavy atom. The van der Waals surface area contributed by atoms with E-state index >= 15 is 0 Å². The van der Waals surface area contributed by atoms with Crippen LogP contribution in [-0.4, -0.2) is 41.7 Å². The van der Waals surface area contributed by atoms with E-state index in [9.17, 15) is 9.59 Å². The fourth-order valence-corrected chi connectivity index (χ4v) is 3.56. The van der Waals surface area contributed by atoms with Gasteiger partial charge in [0, 0.05) is 24.2 Å². The number of nitrogens with one attached hydrogen (secondary N) is 1. The van der Waals surface area contributed by atoms with Crippen LogP contribution >= 0.6 is 0 Å². The van der Waals surface area contributed by atoms with Gasteiger partial charge in [0.05, 0.1) is 12.6 Å². The van der Waals surface area contributed by atoms with Crippen LogP contribution in [0.1, 0.15) is 18.4 Å². The number of aromatic nitrogens is 1. The summed E-state index contributed by atoms with van der Waals surface area (Å²) in [7, 11) is 0. The Hall–Kier alpha value is -3.12. The molecule has 2 aromatic carbocycles. The first-order valence-corrected chi connectivity index (χ1v) is 9.87. The average molecular weight is 392 g/mol. The van der Waals surface area contributed by atoms with E-state index in [1.165, 1.54) is 0 Å². The number of nitrogens with zero attached hydrogens (tertiary/aromatic N) is 1. The van der Waals surface area contributed by atoms with Crippen molar-refractivity contribution in [3.8, 4) is 5.75 Å². The van der Waals surface area contributed by atoms with Gasteiger partial charge in [0.25, 0.3) is 11.5 Å². The Kier molecular flexibility index (Phi) is 5.91. The van der Waals surface area contributed by atoms with Crippen LogP contribution in [0.5, 0.6) is 5.75 Å². The first-order valence-electron chi connectivity index (χ1n) is 9.87. The van der Waals surface area contributed by atoms with Crippen LogP contribution in [0, 0.1) is 0 Å². The molecule has 0 saturated carbocycles. The summed E-state index contributed by atoms with van der Waals surface area (Å²) in [6.07, 6.45) is 1.90. The van der Waals surface area contributed by atoms with Gasteiger partial charge in [0.2, 0.25) is 0 Å². The molecule has 1 amide bonds. The van der Waals surface area contributed by atoms with E-state index in [1.807, 2.05) is 60.7 Å². The molecule has 0 spiro atoms. The molecule has 0 radical (unpaired) electrons. The second-order valence-corrected chi connectivity index (χ2v) is 7.22. The van der Waals surface area contributed by atoms with Gasteiger partial charge in [-0.1, -0.05) is 36.4 Å². The van der Waals surface area contributed by atoms with Crippen LogP contribution < -0.4 is 10.3 Å². The molecule has 4 rings (SSSR count). The third-order valence-corrected chi connectivity index (χ3v) is 5.10. The molecule has 0 unspecified atom stereocenters. The maximum atomic E-state index is 12.9. The smallest absolute Gasteiger partial charge is 0.260 e. The van der Waals surface area contributed by atoms with Gasteiger partial charge in [0.1, 0.15) is 5.75 Å². The quantitative estimate of drug-likeness (QED) is 0.671. The fraction of sp³-hybridized carbons (Fsp3) is 0.304. The van der Waals surface area contributed by atoms with E-state index in [0.29, 0.717) is 24.5 Å². The number of benzene rings is 2. The van der Waals surface area contributed by atoms with Gasteiger partial charge in [-0.25, -0.2) is 0 Å². The molecule has 1 aliphatic rings. The summed E-state index contributed by atoms with van der Waals surface area (Å²) in [4.78, 5) is 30.0. The number of rotatable bonds is 7. The molecule has 3 aromatic rings. The van der Waals surface area contributed by atoms with Gasteiger partial charge >= 0.3 is 0 Å². The number of carbonyl (C=O) groups is 1. The predicted molar refractivity (Wildman–Crippen MR) is 111 cm³/mol. The molecule has 0 bridgehead atoms. The zero-order valence-corrected chi connectivity index (χ0v) is 16.2. The number of hydrogen-bond acceptors (Lipinski definition) is 4. The standard InChI is InChI=1S/C23H24N2O4/c26-22(16-29-19-8-2-1-3-9-19)25(15-20-10-6-12-28-20)14-18-13-17-7-4-5-11-21(17)24-23(18)27/h1-5,7-9,11,13,20H,6,10,12,14-16H2,(H,24,27)/t20-/m1/s1. The van der Waals surface area contributed by atoms with Crippen molar-refractivity contribution in [2.75, 3.05) is 19.8 Å². The molecule has 150 valence electrons. The minimum absolute atomic E-state index is 0.00443. The second-order valence-electron chi connectivity index (χ2n) is 7.22. The van der Waals surface area contributed by atoms with Crippen LogP contribution in [0.2, 0.25) is 0 Å². The summed E-state index contributed by atoms with van der Waals surface area (Å²) < 4.78 is 11.3. The summed E-state index contributed by atoms with van der Waals surface area (Å²) >= 11 is 0. The Bertz CT molecular complexity index is 1030. The first-order chi connectivity index (χ1) is 14.2. The molecule has 29 heavy (non-hydrogen) atoms. The summed E-state index contributed by atoms with van der Waals surface area (Å²) in [6, 6.07) is 18.7. The van der Waals surface area contributed by atoms with Gasteiger partial charge in [-0.2, -0.15) is 0 Å². The lowest BCUT2D eigenvalue weighted by molar-refractivity contribution is -0.135. The van der Waals surface area contributed by atoms with Crippen molar-refractivity contribution >= 4 is 16.8 Å². The Balaban J connectivity index is 1.52. The maximum absolute atomic E-state index is 12.9. The molecule has 2 heterocycles. The highest BCUT2D eigenvalue weighted by Crippen LogP contribution is 2.17. The number of fused-ring (bicyclic) bond motifs is 1. The Labute approximate surface area is 169 Å². The monoisotopic (exact) mass is 392 g/mol. The van der Waals surface area contributed by atoms with Crippen LogP contribution in [0.4, 0.5) is 0 Å². The van der Waals surface area contributed by atoms with E-state index in [4.69, 9.17) is 9.47 Å². The fourth-order valence-electron chi connectivity index (χ4n) is 3.56. The van der Waals surface area contributed by atoms with Crippen molar-refractivity contribution < 1.29 is 14.3 Å². The number of amides is 1. The lowest BCUT2D eigenvalue weighted by Gasteiger charge is -2.25. The minimum atomic E-state index is -0.183. The Morgan fingerprint density at radius 2 is 1.93 bits per heavy atom. The molecule has 1 saturated heterocycles. The van der Waals surface area contributed by atoms with Gasteiger partial charge in [-0.3, -0.25) is 9.59 Å². The van der Waals surface area contributed by atoms with Gasteiger partial charge in [-0.05, 0) is 42.5 Å². The van der Waals surface area contributed by atoms with E-state index in [1.54, 1.807) is 4.90 Å². The number of para-hydroxylation sites is 2. The zero-order valence-electron chi connectivity index (χ0n) is 16.2.